The van der Waals surface area contributed by atoms with Crippen molar-refractivity contribution in [2.45, 2.75) is 32.9 Å². The third kappa shape index (κ3) is 5.20. The lowest BCUT2D eigenvalue weighted by atomic mass is 10.1. The van der Waals surface area contributed by atoms with Gasteiger partial charge in [0.25, 0.3) is 0 Å². The molecule has 122 valence electrons. The number of carbonyl (C=O) groups is 1. The number of phenolic OH excluding ortho intramolecular Hbond substituents is 1. The zero-order chi connectivity index (χ0) is 16.2. The molecule has 0 atom stereocenters. The summed E-state index contributed by atoms with van der Waals surface area (Å²) in [5.74, 6) is 0.0246. The molecule has 1 amide bonds. The molecule has 1 fully saturated rings. The van der Waals surface area contributed by atoms with E-state index in [9.17, 15) is 9.90 Å². The minimum atomic E-state index is -0.578. The quantitative estimate of drug-likeness (QED) is 0.840. The number of amides is 1. The van der Waals surface area contributed by atoms with Crippen molar-refractivity contribution in [1.29, 1.82) is 0 Å². The molecule has 6 nitrogen and oxygen atoms in total. The van der Waals surface area contributed by atoms with Crippen LogP contribution in [0.1, 0.15) is 26.3 Å². The molecule has 0 saturated carbocycles. The van der Waals surface area contributed by atoms with Crippen LogP contribution in [0.3, 0.4) is 0 Å². The Kier molecular flexibility index (Phi) is 5.26. The number of rotatable bonds is 3. The number of ether oxygens (including phenoxy) is 2. The number of carbonyl (C=O) groups excluding carboxylic acids is 1. The number of morpholine rings is 1. The Morgan fingerprint density at radius 3 is 2.68 bits per heavy atom. The SMILES string of the molecule is CC(C)(C)OC(=O)Nc1cc(CN2CCOCC2)ccc1O. The van der Waals surface area contributed by atoms with Gasteiger partial charge in [0.05, 0.1) is 18.9 Å². The van der Waals surface area contributed by atoms with Crippen molar-refractivity contribution in [3.05, 3.63) is 23.8 Å². The fourth-order valence-electron chi connectivity index (χ4n) is 2.21. The Bertz CT molecular complexity index is 519. The van der Waals surface area contributed by atoms with E-state index >= 15 is 0 Å². The lowest BCUT2D eigenvalue weighted by Gasteiger charge is -2.26. The minimum absolute atomic E-state index is 0.0246. The zero-order valence-corrected chi connectivity index (χ0v) is 13.4. The van der Waals surface area contributed by atoms with Crippen molar-refractivity contribution in [1.82, 2.24) is 4.90 Å². The highest BCUT2D eigenvalue weighted by Crippen LogP contribution is 2.25. The van der Waals surface area contributed by atoms with E-state index in [1.165, 1.54) is 0 Å². The van der Waals surface area contributed by atoms with Gasteiger partial charge in [0.1, 0.15) is 11.4 Å². The average molecular weight is 308 g/mol. The monoisotopic (exact) mass is 308 g/mol. The molecule has 0 aliphatic carbocycles. The highest BCUT2D eigenvalue weighted by atomic mass is 16.6. The Morgan fingerprint density at radius 1 is 1.36 bits per heavy atom. The summed E-state index contributed by atoms with van der Waals surface area (Å²) < 4.78 is 10.5. The molecule has 22 heavy (non-hydrogen) atoms. The fraction of sp³-hybridized carbons (Fsp3) is 0.562. The van der Waals surface area contributed by atoms with Gasteiger partial charge in [-0.2, -0.15) is 0 Å². The first-order valence-electron chi connectivity index (χ1n) is 7.45. The molecule has 1 aromatic rings. The van der Waals surface area contributed by atoms with Gasteiger partial charge in [-0.1, -0.05) is 6.07 Å². The highest BCUT2D eigenvalue weighted by Gasteiger charge is 2.18. The molecule has 1 aromatic carbocycles. The number of benzene rings is 1. The molecule has 0 spiro atoms. The first-order valence-corrected chi connectivity index (χ1v) is 7.45. The molecule has 0 radical (unpaired) electrons. The lowest BCUT2D eigenvalue weighted by Crippen LogP contribution is -2.35. The maximum absolute atomic E-state index is 11.8. The normalized spacial score (nSPS) is 16.3. The van der Waals surface area contributed by atoms with Gasteiger partial charge in [-0.05, 0) is 38.5 Å². The molecule has 1 aliphatic heterocycles. The third-order valence-corrected chi connectivity index (χ3v) is 3.21. The van der Waals surface area contributed by atoms with Crippen molar-refractivity contribution in [3.63, 3.8) is 0 Å². The molecule has 1 saturated heterocycles. The minimum Gasteiger partial charge on any atom is -0.506 e. The van der Waals surface area contributed by atoms with Crippen molar-refractivity contribution < 1.29 is 19.4 Å². The molecule has 2 rings (SSSR count). The van der Waals surface area contributed by atoms with E-state index in [2.05, 4.69) is 10.2 Å². The van der Waals surface area contributed by atoms with Crippen LogP contribution < -0.4 is 5.32 Å². The Morgan fingerprint density at radius 2 is 2.05 bits per heavy atom. The second-order valence-corrected chi connectivity index (χ2v) is 6.37. The van der Waals surface area contributed by atoms with E-state index in [1.54, 1.807) is 32.9 Å². The van der Waals surface area contributed by atoms with Crippen molar-refractivity contribution >= 4 is 11.8 Å². The van der Waals surface area contributed by atoms with E-state index in [0.717, 1.165) is 38.4 Å². The number of nitrogens with one attached hydrogen (secondary N) is 1. The maximum atomic E-state index is 11.8. The van der Waals surface area contributed by atoms with E-state index in [4.69, 9.17) is 9.47 Å². The van der Waals surface area contributed by atoms with Crippen LogP contribution in [0.15, 0.2) is 18.2 Å². The topological polar surface area (TPSA) is 71.0 Å². The summed E-state index contributed by atoms with van der Waals surface area (Å²) in [6, 6.07) is 5.21. The Labute approximate surface area is 131 Å². The number of aromatic hydroxyl groups is 1. The van der Waals surface area contributed by atoms with Gasteiger partial charge < -0.3 is 14.6 Å². The summed E-state index contributed by atoms with van der Waals surface area (Å²) in [7, 11) is 0. The molecule has 0 unspecified atom stereocenters. The van der Waals surface area contributed by atoms with Crippen LogP contribution in [0.5, 0.6) is 5.75 Å². The second kappa shape index (κ2) is 6.98. The summed E-state index contributed by atoms with van der Waals surface area (Å²) in [5.41, 5.74) is 0.802. The predicted octanol–water partition coefficient (Wildman–Crippen LogP) is 2.57. The summed E-state index contributed by atoms with van der Waals surface area (Å²) in [5, 5.41) is 12.5. The summed E-state index contributed by atoms with van der Waals surface area (Å²) >= 11 is 0. The van der Waals surface area contributed by atoms with Crippen LogP contribution in [-0.2, 0) is 16.0 Å². The van der Waals surface area contributed by atoms with E-state index < -0.39 is 11.7 Å². The maximum Gasteiger partial charge on any atom is 0.412 e. The standard InChI is InChI=1S/C16H24N2O4/c1-16(2,3)22-15(20)17-13-10-12(4-5-14(13)19)11-18-6-8-21-9-7-18/h4-5,10,19H,6-9,11H2,1-3H3,(H,17,20). The molecule has 1 heterocycles. The molecule has 6 heteroatoms. The predicted molar refractivity (Wildman–Crippen MR) is 84.1 cm³/mol. The van der Waals surface area contributed by atoms with Crippen molar-refractivity contribution in [2.75, 3.05) is 31.6 Å². The largest absolute Gasteiger partial charge is 0.506 e. The van der Waals surface area contributed by atoms with E-state index in [1.807, 2.05) is 6.07 Å². The molecular weight excluding hydrogens is 284 g/mol. The van der Waals surface area contributed by atoms with Gasteiger partial charge >= 0.3 is 6.09 Å². The second-order valence-electron chi connectivity index (χ2n) is 6.37. The molecule has 2 N–H and O–H groups in total. The summed E-state index contributed by atoms with van der Waals surface area (Å²) in [4.78, 5) is 14.1. The Hall–Kier alpha value is -1.79. The number of hydrogen-bond acceptors (Lipinski definition) is 5. The average Bonchev–Trinajstić information content (AvgIpc) is 2.41. The van der Waals surface area contributed by atoms with Crippen LogP contribution >= 0.6 is 0 Å². The molecule has 0 aromatic heterocycles. The van der Waals surface area contributed by atoms with E-state index in [-0.39, 0.29) is 5.75 Å². The van der Waals surface area contributed by atoms with Crippen LogP contribution in [0.2, 0.25) is 0 Å². The first-order chi connectivity index (χ1) is 10.3. The zero-order valence-electron chi connectivity index (χ0n) is 13.4. The smallest absolute Gasteiger partial charge is 0.412 e. The molecular formula is C16H24N2O4. The van der Waals surface area contributed by atoms with E-state index in [0.29, 0.717) is 5.69 Å². The summed E-state index contributed by atoms with van der Waals surface area (Å²) in [6.45, 7) is 9.38. The van der Waals surface area contributed by atoms with Gasteiger partial charge in [-0.15, -0.1) is 0 Å². The van der Waals surface area contributed by atoms with Crippen LogP contribution in [0.25, 0.3) is 0 Å². The number of phenols is 1. The van der Waals surface area contributed by atoms with Gasteiger partial charge in [0.2, 0.25) is 0 Å². The summed E-state index contributed by atoms with van der Waals surface area (Å²) in [6.07, 6.45) is -0.577. The molecule has 0 bridgehead atoms. The number of anilines is 1. The van der Waals surface area contributed by atoms with Gasteiger partial charge in [0, 0.05) is 19.6 Å². The van der Waals surface area contributed by atoms with Crippen molar-refractivity contribution in [2.24, 2.45) is 0 Å². The van der Waals surface area contributed by atoms with Crippen LogP contribution in [-0.4, -0.2) is 48.0 Å². The van der Waals surface area contributed by atoms with Crippen LogP contribution in [0.4, 0.5) is 10.5 Å². The van der Waals surface area contributed by atoms with Crippen molar-refractivity contribution in [3.8, 4) is 5.75 Å². The van der Waals surface area contributed by atoms with Crippen LogP contribution in [0, 0.1) is 0 Å². The van der Waals surface area contributed by atoms with Gasteiger partial charge in [-0.3, -0.25) is 10.2 Å². The number of hydrogen-bond donors (Lipinski definition) is 2. The lowest BCUT2D eigenvalue weighted by molar-refractivity contribution is 0.0342. The van der Waals surface area contributed by atoms with Gasteiger partial charge in [0.15, 0.2) is 0 Å². The number of nitrogens with zero attached hydrogens (tertiary/aromatic N) is 1. The first kappa shape index (κ1) is 16.6. The fourth-order valence-corrected chi connectivity index (χ4v) is 2.21. The van der Waals surface area contributed by atoms with Gasteiger partial charge in [-0.25, -0.2) is 4.79 Å². The Balaban J connectivity index is 2.01. The highest BCUT2D eigenvalue weighted by molar-refractivity contribution is 5.87. The third-order valence-electron chi connectivity index (χ3n) is 3.21. The molecule has 1 aliphatic rings.